The summed E-state index contributed by atoms with van der Waals surface area (Å²) in [4.78, 5) is 24.7. The minimum atomic E-state index is -4.73. The number of anilines is 1. The smallest absolute Gasteiger partial charge is 0.325 e. The van der Waals surface area contributed by atoms with Gasteiger partial charge in [0.2, 0.25) is 10.0 Å². The fourth-order valence-corrected chi connectivity index (χ4v) is 5.74. The van der Waals surface area contributed by atoms with Crippen LogP contribution in [0.3, 0.4) is 0 Å². The monoisotopic (exact) mass is 548 g/mol. The van der Waals surface area contributed by atoms with Gasteiger partial charge in [0.25, 0.3) is 0 Å². The van der Waals surface area contributed by atoms with Crippen LogP contribution in [-0.4, -0.2) is 48.0 Å². The number of carbonyl (C=O) groups excluding carboxylic acids is 1. The third kappa shape index (κ3) is 6.63. The van der Waals surface area contributed by atoms with Gasteiger partial charge in [-0.15, -0.1) is 0 Å². The molecule has 0 aliphatic carbocycles. The summed E-state index contributed by atoms with van der Waals surface area (Å²) in [5, 5.41) is 9.69. The summed E-state index contributed by atoms with van der Waals surface area (Å²) in [6.45, 7) is 6.51. The molecule has 0 aliphatic heterocycles. The largest absolute Gasteiger partial charge is 0.480 e. The van der Waals surface area contributed by atoms with Crippen molar-refractivity contribution in [1.82, 2.24) is 4.31 Å². The lowest BCUT2D eigenvalue weighted by Gasteiger charge is -2.35. The highest BCUT2D eigenvalue weighted by Crippen LogP contribution is 2.37. The second-order valence-electron chi connectivity index (χ2n) is 8.99. The molecule has 2 atom stereocenters. The lowest BCUT2D eigenvalue weighted by Crippen LogP contribution is -2.52. The number of aliphatic carboxylic acids is 1. The summed E-state index contributed by atoms with van der Waals surface area (Å²) in [5.74, 6) is -4.68. The van der Waals surface area contributed by atoms with Crippen molar-refractivity contribution in [3.8, 4) is 0 Å². The quantitative estimate of drug-likeness (QED) is 0.364. The lowest BCUT2D eigenvalue weighted by atomic mass is 9.91. The topological polar surface area (TPSA) is 127 Å². The summed E-state index contributed by atoms with van der Waals surface area (Å²) >= 11 is 12.2. The van der Waals surface area contributed by atoms with Crippen molar-refractivity contribution in [2.75, 3.05) is 12.3 Å². The van der Waals surface area contributed by atoms with Crippen LogP contribution in [0, 0.1) is 12.7 Å². The molecule has 35 heavy (non-hydrogen) atoms. The van der Waals surface area contributed by atoms with Crippen molar-refractivity contribution in [3.05, 3.63) is 57.3 Å². The molecule has 0 bridgehead atoms. The number of nitrogens with zero attached hydrogens (tertiary/aromatic N) is 1. The molecule has 2 rings (SSSR count). The Labute approximate surface area is 213 Å². The number of carboxylic acid groups (broad SMARTS) is 1. The van der Waals surface area contributed by atoms with Gasteiger partial charge >= 0.3 is 11.9 Å². The Kier molecular flexibility index (Phi) is 8.81. The average molecular weight is 549 g/mol. The molecule has 0 amide bonds. The number of carbonyl (C=O) groups is 2. The summed E-state index contributed by atoms with van der Waals surface area (Å²) < 4.78 is 48.2. The standard InChI is InChI=1S/C23H27Cl2FN2O6S/c1-12-6-8-15(26)19(20(12)25)13(2)21(22(31)34-23(3,4)5)28(11-18(29)30)35(32,33)17-9-7-14(24)10-16(17)27/h6-10,13,21H,11,27H2,1-5H3,(H,29,30). The molecule has 8 nitrogen and oxygen atoms in total. The van der Waals surface area contributed by atoms with E-state index < -0.39 is 56.8 Å². The summed E-state index contributed by atoms with van der Waals surface area (Å²) in [5.41, 5.74) is 4.87. The van der Waals surface area contributed by atoms with Gasteiger partial charge in [-0.3, -0.25) is 9.59 Å². The Morgan fingerprint density at radius 2 is 1.80 bits per heavy atom. The highest BCUT2D eigenvalue weighted by molar-refractivity contribution is 7.89. The van der Waals surface area contributed by atoms with Crippen molar-refractivity contribution in [2.24, 2.45) is 0 Å². The minimum Gasteiger partial charge on any atom is -0.480 e. The molecule has 2 aromatic carbocycles. The van der Waals surface area contributed by atoms with E-state index in [0.29, 0.717) is 9.87 Å². The third-order valence-electron chi connectivity index (χ3n) is 5.06. The predicted molar refractivity (Wildman–Crippen MR) is 132 cm³/mol. The number of sulfonamides is 1. The van der Waals surface area contributed by atoms with Crippen LogP contribution in [0.5, 0.6) is 0 Å². The molecular weight excluding hydrogens is 522 g/mol. The van der Waals surface area contributed by atoms with E-state index in [0.717, 1.165) is 12.1 Å². The summed E-state index contributed by atoms with van der Waals surface area (Å²) in [7, 11) is -4.73. The highest BCUT2D eigenvalue weighted by atomic mass is 35.5. The molecule has 2 aromatic rings. The van der Waals surface area contributed by atoms with E-state index in [2.05, 4.69) is 0 Å². The third-order valence-corrected chi connectivity index (χ3v) is 7.69. The van der Waals surface area contributed by atoms with Crippen molar-refractivity contribution >= 4 is 50.9 Å². The zero-order chi connectivity index (χ0) is 26.9. The maximum atomic E-state index is 14.9. The first kappa shape index (κ1) is 28.8. The average Bonchev–Trinajstić information content (AvgIpc) is 2.68. The number of hydrogen-bond donors (Lipinski definition) is 2. The van der Waals surface area contributed by atoms with E-state index in [9.17, 15) is 27.5 Å². The van der Waals surface area contributed by atoms with Gasteiger partial charge in [-0.25, -0.2) is 12.8 Å². The number of halogens is 3. The Hall–Kier alpha value is -2.40. The molecule has 0 spiro atoms. The van der Waals surface area contributed by atoms with Gasteiger partial charge in [-0.1, -0.05) is 36.2 Å². The second-order valence-corrected chi connectivity index (χ2v) is 11.7. The maximum Gasteiger partial charge on any atom is 0.325 e. The normalized spacial score (nSPS) is 14.0. The number of rotatable bonds is 8. The van der Waals surface area contributed by atoms with Gasteiger partial charge in [0.1, 0.15) is 28.9 Å². The van der Waals surface area contributed by atoms with Crippen LogP contribution in [0.25, 0.3) is 0 Å². The van der Waals surface area contributed by atoms with Crippen LogP contribution in [-0.2, 0) is 24.3 Å². The van der Waals surface area contributed by atoms with Crippen LogP contribution < -0.4 is 5.73 Å². The molecule has 3 N–H and O–H groups in total. The van der Waals surface area contributed by atoms with Crippen LogP contribution >= 0.6 is 23.2 Å². The van der Waals surface area contributed by atoms with Crippen LogP contribution in [0.1, 0.15) is 44.7 Å². The molecule has 0 fully saturated rings. The Morgan fingerprint density at radius 1 is 1.20 bits per heavy atom. The Bertz CT molecular complexity index is 1250. The summed E-state index contributed by atoms with van der Waals surface area (Å²) in [6.07, 6.45) is 0. The zero-order valence-electron chi connectivity index (χ0n) is 19.8. The van der Waals surface area contributed by atoms with Crippen molar-refractivity contribution < 1.29 is 32.2 Å². The fraction of sp³-hybridized carbons (Fsp3) is 0.391. The van der Waals surface area contributed by atoms with Crippen molar-refractivity contribution in [1.29, 1.82) is 0 Å². The second kappa shape index (κ2) is 10.7. The van der Waals surface area contributed by atoms with E-state index in [4.69, 9.17) is 33.7 Å². The molecule has 0 aromatic heterocycles. The van der Waals surface area contributed by atoms with Crippen molar-refractivity contribution in [3.63, 3.8) is 0 Å². The number of hydrogen-bond acceptors (Lipinski definition) is 6. The fourth-order valence-electron chi connectivity index (χ4n) is 3.53. The maximum absolute atomic E-state index is 14.9. The molecule has 192 valence electrons. The van der Waals surface area contributed by atoms with Crippen LogP contribution in [0.15, 0.2) is 35.2 Å². The minimum absolute atomic E-state index is 0.0234. The molecule has 0 heterocycles. The molecule has 0 saturated carbocycles. The van der Waals surface area contributed by atoms with Gasteiger partial charge in [0.05, 0.1) is 5.69 Å². The Morgan fingerprint density at radius 3 is 2.31 bits per heavy atom. The Balaban J connectivity index is 2.82. The van der Waals surface area contributed by atoms with Gasteiger partial charge in [0.15, 0.2) is 0 Å². The van der Waals surface area contributed by atoms with Crippen LogP contribution in [0.4, 0.5) is 10.1 Å². The van der Waals surface area contributed by atoms with Gasteiger partial charge in [-0.05, 0) is 57.5 Å². The summed E-state index contributed by atoms with van der Waals surface area (Å²) in [6, 6.07) is 4.28. The first-order chi connectivity index (χ1) is 16.0. The highest BCUT2D eigenvalue weighted by Gasteiger charge is 2.45. The first-order valence-electron chi connectivity index (χ1n) is 10.4. The van der Waals surface area contributed by atoms with E-state index in [1.165, 1.54) is 25.1 Å². The molecule has 0 saturated heterocycles. The molecule has 0 radical (unpaired) electrons. The number of esters is 1. The van der Waals surface area contributed by atoms with E-state index >= 15 is 0 Å². The van der Waals surface area contributed by atoms with E-state index in [1.54, 1.807) is 27.7 Å². The van der Waals surface area contributed by atoms with Gasteiger partial charge in [0, 0.05) is 21.5 Å². The molecule has 2 unspecified atom stereocenters. The van der Waals surface area contributed by atoms with E-state index in [-0.39, 0.29) is 21.3 Å². The van der Waals surface area contributed by atoms with Gasteiger partial charge < -0.3 is 15.6 Å². The first-order valence-corrected chi connectivity index (χ1v) is 12.6. The number of nitrogens with two attached hydrogens (primary N) is 1. The zero-order valence-corrected chi connectivity index (χ0v) is 22.1. The lowest BCUT2D eigenvalue weighted by molar-refractivity contribution is -0.160. The van der Waals surface area contributed by atoms with Crippen molar-refractivity contribution in [2.45, 2.75) is 57.1 Å². The number of nitrogen functional groups attached to an aromatic ring is 1. The molecule has 0 aliphatic rings. The molecule has 12 heteroatoms. The SMILES string of the molecule is Cc1ccc(F)c(C(C)C(C(=O)OC(C)(C)C)N(CC(=O)O)S(=O)(=O)c2ccc(Cl)cc2N)c1Cl. The van der Waals surface area contributed by atoms with Gasteiger partial charge in [-0.2, -0.15) is 4.31 Å². The molecular formula is C23H27Cl2FN2O6S. The van der Waals surface area contributed by atoms with E-state index in [1.807, 2.05) is 0 Å². The number of benzene rings is 2. The number of ether oxygens (including phenoxy) is 1. The van der Waals surface area contributed by atoms with Crippen LogP contribution in [0.2, 0.25) is 10.0 Å². The number of aryl methyl sites for hydroxylation is 1. The predicted octanol–water partition coefficient (Wildman–Crippen LogP) is 4.61. The number of carboxylic acids is 1.